The summed E-state index contributed by atoms with van der Waals surface area (Å²) in [4.78, 5) is 23.0. The molecule has 104 valence electrons. The molecule has 0 aliphatic carbocycles. The normalized spacial score (nSPS) is 28.0. The number of nitrogens with zero attached hydrogens (tertiary/aromatic N) is 1. The van der Waals surface area contributed by atoms with Gasteiger partial charge in [-0.3, -0.25) is 4.79 Å². The van der Waals surface area contributed by atoms with Crippen LogP contribution in [0.15, 0.2) is 0 Å². The van der Waals surface area contributed by atoms with Gasteiger partial charge in [-0.25, -0.2) is 4.79 Å². The Balaban J connectivity index is 3.00. The van der Waals surface area contributed by atoms with Gasteiger partial charge in [0.1, 0.15) is 6.04 Å². The fourth-order valence-electron chi connectivity index (χ4n) is 1.69. The molecule has 0 saturated carbocycles. The molecule has 1 rings (SSSR count). The second-order valence-electron chi connectivity index (χ2n) is 4.40. The minimum atomic E-state index is -5.00. The molecule has 6 nitrogen and oxygen atoms in total. The number of amides is 1. The van der Waals surface area contributed by atoms with E-state index in [1.807, 2.05) is 0 Å². The Morgan fingerprint density at radius 2 is 1.89 bits per heavy atom. The van der Waals surface area contributed by atoms with Crippen LogP contribution in [0.25, 0.3) is 0 Å². The molecule has 9 heteroatoms. The average Bonchev–Trinajstić information content (AvgIpc) is 2.57. The average molecular weight is 270 g/mol. The number of carbonyl (C=O) groups is 2. The van der Waals surface area contributed by atoms with Crippen LogP contribution in [-0.4, -0.2) is 57.4 Å². The molecule has 0 radical (unpaired) electrons. The first-order chi connectivity index (χ1) is 7.98. The number of alkyl halides is 3. The number of aliphatic carboxylic acids is 1. The quantitative estimate of drug-likeness (QED) is 0.616. The van der Waals surface area contributed by atoms with Crippen LogP contribution in [-0.2, 0) is 9.59 Å². The first-order valence-corrected chi connectivity index (χ1v) is 5.06. The Kier molecular flexibility index (Phi) is 3.59. The number of nitrogens with two attached hydrogens (primary N) is 1. The summed E-state index contributed by atoms with van der Waals surface area (Å²) in [6.45, 7) is -0.00237. The molecule has 0 bridgehead atoms. The summed E-state index contributed by atoms with van der Waals surface area (Å²) in [5.74, 6) is -3.03. The van der Waals surface area contributed by atoms with Gasteiger partial charge in [0.25, 0.3) is 5.91 Å². The third-order valence-corrected chi connectivity index (χ3v) is 2.86. The summed E-state index contributed by atoms with van der Waals surface area (Å²) in [7, 11) is 0. The maximum absolute atomic E-state index is 12.6. The van der Waals surface area contributed by atoms with Crippen LogP contribution in [0.2, 0.25) is 0 Å². The van der Waals surface area contributed by atoms with Crippen molar-refractivity contribution in [2.75, 3.05) is 6.54 Å². The van der Waals surface area contributed by atoms with Crippen LogP contribution in [0, 0.1) is 0 Å². The molecule has 0 aromatic carbocycles. The molecule has 1 aliphatic rings. The number of carbonyl (C=O) groups excluding carboxylic acids is 1. The lowest BCUT2D eigenvalue weighted by Crippen LogP contribution is -2.63. The molecule has 1 fully saturated rings. The Bertz CT molecular complexity index is 369. The number of carboxylic acids is 1. The van der Waals surface area contributed by atoms with Crippen molar-refractivity contribution >= 4 is 11.9 Å². The molecule has 0 aromatic heterocycles. The summed E-state index contributed by atoms with van der Waals surface area (Å²) in [6, 6.07) is -1.49. The SMILES string of the molecule is CC(N)(C(=O)N1C[C@H](O)C[C@H]1C(=O)O)C(F)(F)F. The molecule has 0 aromatic rings. The highest BCUT2D eigenvalue weighted by Gasteiger charge is 2.57. The highest BCUT2D eigenvalue weighted by molar-refractivity contribution is 5.91. The summed E-state index contributed by atoms with van der Waals surface area (Å²) >= 11 is 0. The van der Waals surface area contributed by atoms with E-state index in [1.54, 1.807) is 0 Å². The van der Waals surface area contributed by atoms with Crippen molar-refractivity contribution in [1.82, 2.24) is 4.90 Å². The molecule has 1 aliphatic heterocycles. The largest absolute Gasteiger partial charge is 0.480 e. The Hall–Kier alpha value is -1.35. The molecular weight excluding hydrogens is 257 g/mol. The van der Waals surface area contributed by atoms with Gasteiger partial charge < -0.3 is 20.8 Å². The molecule has 4 N–H and O–H groups in total. The van der Waals surface area contributed by atoms with Crippen molar-refractivity contribution in [3.8, 4) is 0 Å². The van der Waals surface area contributed by atoms with Crippen molar-refractivity contribution in [2.24, 2.45) is 5.73 Å². The van der Waals surface area contributed by atoms with Gasteiger partial charge in [0.2, 0.25) is 0 Å². The van der Waals surface area contributed by atoms with E-state index in [1.165, 1.54) is 0 Å². The standard InChI is InChI=1S/C9H13F3N2O4/c1-8(13,9(10,11)12)7(18)14-3-4(15)2-5(14)6(16)17/h4-5,15H,2-3,13H2,1H3,(H,16,17)/t4-,5+,8?/m1/s1. The van der Waals surface area contributed by atoms with Crippen molar-refractivity contribution in [3.05, 3.63) is 0 Å². The molecule has 1 heterocycles. The van der Waals surface area contributed by atoms with E-state index in [4.69, 9.17) is 10.8 Å². The van der Waals surface area contributed by atoms with Gasteiger partial charge in [-0.05, 0) is 6.92 Å². The minimum absolute atomic E-state index is 0.311. The Morgan fingerprint density at radius 1 is 1.39 bits per heavy atom. The van der Waals surface area contributed by atoms with Crippen LogP contribution < -0.4 is 5.73 Å². The van der Waals surface area contributed by atoms with Crippen LogP contribution in [0.4, 0.5) is 13.2 Å². The van der Waals surface area contributed by atoms with Gasteiger partial charge in [-0.1, -0.05) is 0 Å². The van der Waals surface area contributed by atoms with Gasteiger partial charge >= 0.3 is 12.1 Å². The van der Waals surface area contributed by atoms with E-state index in [0.29, 0.717) is 11.8 Å². The van der Waals surface area contributed by atoms with E-state index in [9.17, 15) is 27.9 Å². The van der Waals surface area contributed by atoms with Crippen molar-refractivity contribution < 1.29 is 33.0 Å². The molecule has 0 spiro atoms. The van der Waals surface area contributed by atoms with Crippen LogP contribution in [0.1, 0.15) is 13.3 Å². The minimum Gasteiger partial charge on any atom is -0.480 e. The van der Waals surface area contributed by atoms with Gasteiger partial charge in [0.05, 0.1) is 6.10 Å². The van der Waals surface area contributed by atoms with E-state index >= 15 is 0 Å². The first kappa shape index (κ1) is 14.7. The molecule has 1 amide bonds. The number of halogens is 3. The van der Waals surface area contributed by atoms with Crippen LogP contribution >= 0.6 is 0 Å². The van der Waals surface area contributed by atoms with Gasteiger partial charge in [0.15, 0.2) is 5.54 Å². The zero-order valence-corrected chi connectivity index (χ0v) is 9.44. The molecule has 3 atom stereocenters. The Labute approximate surface area is 100 Å². The third kappa shape index (κ3) is 2.41. The summed E-state index contributed by atoms with van der Waals surface area (Å²) in [5.41, 5.74) is 1.76. The zero-order chi connectivity index (χ0) is 14.3. The lowest BCUT2D eigenvalue weighted by molar-refractivity contribution is -0.195. The summed E-state index contributed by atoms with van der Waals surface area (Å²) in [5, 5.41) is 18.0. The fourth-order valence-corrected chi connectivity index (χ4v) is 1.69. The number of β-amino-alcohol motifs (C(OH)–C–C–N with tert-alkyl or cyclic N) is 1. The maximum Gasteiger partial charge on any atom is 0.415 e. The number of likely N-dealkylation sites (tertiary alicyclic amines) is 1. The van der Waals surface area contributed by atoms with E-state index in [0.717, 1.165) is 0 Å². The predicted octanol–water partition coefficient (Wildman–Crippen LogP) is -0.687. The van der Waals surface area contributed by atoms with Crippen molar-refractivity contribution in [3.63, 3.8) is 0 Å². The lowest BCUT2D eigenvalue weighted by atomic mass is 10.0. The second kappa shape index (κ2) is 4.39. The second-order valence-corrected chi connectivity index (χ2v) is 4.40. The number of rotatable bonds is 2. The van der Waals surface area contributed by atoms with Crippen molar-refractivity contribution in [1.29, 1.82) is 0 Å². The third-order valence-electron chi connectivity index (χ3n) is 2.86. The van der Waals surface area contributed by atoms with Gasteiger partial charge in [-0.2, -0.15) is 13.2 Å². The zero-order valence-electron chi connectivity index (χ0n) is 9.44. The molecule has 1 unspecified atom stereocenters. The highest BCUT2D eigenvalue weighted by atomic mass is 19.4. The topological polar surface area (TPSA) is 104 Å². The van der Waals surface area contributed by atoms with Gasteiger partial charge in [-0.15, -0.1) is 0 Å². The summed E-state index contributed by atoms with van der Waals surface area (Å²) in [6.07, 6.45) is -6.48. The number of carboxylic acid groups (broad SMARTS) is 1. The van der Waals surface area contributed by atoms with Crippen molar-refractivity contribution in [2.45, 2.75) is 37.2 Å². The number of hydrogen-bond donors (Lipinski definition) is 3. The predicted molar refractivity (Wildman–Crippen MR) is 52.4 cm³/mol. The first-order valence-electron chi connectivity index (χ1n) is 5.06. The van der Waals surface area contributed by atoms with Gasteiger partial charge in [0, 0.05) is 13.0 Å². The highest BCUT2D eigenvalue weighted by Crippen LogP contribution is 2.32. The number of hydrogen-bond acceptors (Lipinski definition) is 4. The molecule has 1 saturated heterocycles. The Morgan fingerprint density at radius 3 is 2.28 bits per heavy atom. The lowest BCUT2D eigenvalue weighted by Gasteiger charge is -2.32. The van der Waals surface area contributed by atoms with Crippen LogP contribution in [0.5, 0.6) is 0 Å². The van der Waals surface area contributed by atoms with E-state index < -0.39 is 42.3 Å². The number of aliphatic hydroxyl groups is 1. The fraction of sp³-hybridized carbons (Fsp3) is 0.778. The smallest absolute Gasteiger partial charge is 0.415 e. The van der Waals surface area contributed by atoms with Crippen LogP contribution in [0.3, 0.4) is 0 Å². The summed E-state index contributed by atoms with van der Waals surface area (Å²) < 4.78 is 37.7. The maximum atomic E-state index is 12.6. The monoisotopic (exact) mass is 270 g/mol. The van der Waals surface area contributed by atoms with E-state index in [2.05, 4.69) is 0 Å². The molecular formula is C9H13F3N2O4. The molecule has 18 heavy (non-hydrogen) atoms. The van der Waals surface area contributed by atoms with E-state index in [-0.39, 0.29) is 6.42 Å². The number of aliphatic hydroxyl groups excluding tert-OH is 1.